The summed E-state index contributed by atoms with van der Waals surface area (Å²) in [6.45, 7) is 17.1. The van der Waals surface area contributed by atoms with E-state index in [1.807, 2.05) is 5.57 Å². The smallest absolute Gasteiger partial charge is 0.306 e. The van der Waals surface area contributed by atoms with E-state index in [0.717, 1.165) is 49.9 Å². The summed E-state index contributed by atoms with van der Waals surface area (Å²) in [6, 6.07) is 0. The van der Waals surface area contributed by atoms with Gasteiger partial charge < -0.3 is 4.74 Å². The lowest BCUT2D eigenvalue weighted by Crippen LogP contribution is -2.50. The number of hydrogen-bond donors (Lipinski definition) is 0. The van der Waals surface area contributed by atoms with Crippen molar-refractivity contribution >= 4 is 5.97 Å². The lowest BCUT2D eigenvalue weighted by Gasteiger charge is -2.58. The monoisotopic (exact) mass is 661 g/mol. The first kappa shape index (κ1) is 39.2. The van der Waals surface area contributed by atoms with Crippen LogP contribution in [-0.4, -0.2) is 12.1 Å². The third-order valence-electron chi connectivity index (χ3n) is 14.1. The van der Waals surface area contributed by atoms with Crippen LogP contribution in [0.4, 0.5) is 0 Å². The first-order valence-electron chi connectivity index (χ1n) is 21.0. The second kappa shape index (κ2) is 19.2. The number of ether oxygens (including phenoxy) is 1. The van der Waals surface area contributed by atoms with E-state index in [-0.39, 0.29) is 12.1 Å². The molecule has 0 aromatic heterocycles. The highest BCUT2D eigenvalue weighted by Gasteiger charge is 2.58. The summed E-state index contributed by atoms with van der Waals surface area (Å²) in [5.74, 6) is 5.07. The SMILES string of the molecule is CCCCC/C=C\C/C=C\CCCCCCCC(=O)O[C@H]1CC[C@@]2(C)C(CC=C3[C@@H]4CC[C@H]([C@H](C)C=C[C@H](C)C(C)C)[C@@]4(C)CC[C@@H]32)C1. The van der Waals surface area contributed by atoms with E-state index in [9.17, 15) is 4.79 Å². The van der Waals surface area contributed by atoms with Gasteiger partial charge in [0.25, 0.3) is 0 Å². The quantitative estimate of drug-likeness (QED) is 0.0783. The minimum Gasteiger partial charge on any atom is -0.462 e. The molecule has 4 aliphatic rings. The number of rotatable bonds is 19. The van der Waals surface area contributed by atoms with Gasteiger partial charge in [-0.1, -0.05) is 129 Å². The van der Waals surface area contributed by atoms with E-state index in [1.54, 1.807) is 0 Å². The maximum atomic E-state index is 12.8. The van der Waals surface area contributed by atoms with E-state index in [1.165, 1.54) is 89.9 Å². The molecule has 4 rings (SSSR count). The first-order valence-corrected chi connectivity index (χ1v) is 21.0. The molecule has 0 aromatic carbocycles. The summed E-state index contributed by atoms with van der Waals surface area (Å²) in [4.78, 5) is 12.8. The van der Waals surface area contributed by atoms with Crippen LogP contribution in [-0.2, 0) is 9.53 Å². The second-order valence-corrected chi connectivity index (χ2v) is 17.7. The Labute approximate surface area is 298 Å². The molecule has 0 heterocycles. The molecule has 0 amide bonds. The Balaban J connectivity index is 1.15. The van der Waals surface area contributed by atoms with Gasteiger partial charge in [-0.3, -0.25) is 4.79 Å². The summed E-state index contributed by atoms with van der Waals surface area (Å²) in [5.41, 5.74) is 2.67. The van der Waals surface area contributed by atoms with Crippen LogP contribution in [0.15, 0.2) is 48.1 Å². The lowest BCUT2D eigenvalue weighted by molar-refractivity contribution is -0.155. The molecule has 0 radical (unpaired) electrons. The highest BCUT2D eigenvalue weighted by Crippen LogP contribution is 2.67. The van der Waals surface area contributed by atoms with Crippen molar-refractivity contribution < 1.29 is 9.53 Å². The summed E-state index contributed by atoms with van der Waals surface area (Å²) in [5, 5.41) is 0. The van der Waals surface area contributed by atoms with Gasteiger partial charge in [0.05, 0.1) is 0 Å². The van der Waals surface area contributed by atoms with E-state index in [0.29, 0.717) is 40.9 Å². The van der Waals surface area contributed by atoms with Crippen LogP contribution in [0.25, 0.3) is 0 Å². The predicted molar refractivity (Wildman–Crippen MR) is 207 cm³/mol. The molecule has 0 aliphatic heterocycles. The van der Waals surface area contributed by atoms with Gasteiger partial charge >= 0.3 is 5.97 Å². The molecule has 3 saturated carbocycles. The van der Waals surface area contributed by atoms with Crippen molar-refractivity contribution in [1.29, 1.82) is 0 Å². The zero-order valence-electron chi connectivity index (χ0n) is 32.6. The van der Waals surface area contributed by atoms with Crippen LogP contribution < -0.4 is 0 Å². The van der Waals surface area contributed by atoms with Crippen molar-refractivity contribution in [3.8, 4) is 0 Å². The Bertz CT molecular complexity index is 1090. The third-order valence-corrected chi connectivity index (χ3v) is 14.1. The summed E-state index contributed by atoms with van der Waals surface area (Å²) in [7, 11) is 0. The van der Waals surface area contributed by atoms with Gasteiger partial charge in [0.1, 0.15) is 6.10 Å². The van der Waals surface area contributed by atoms with Crippen molar-refractivity contribution in [2.75, 3.05) is 0 Å². The van der Waals surface area contributed by atoms with Crippen molar-refractivity contribution in [2.24, 2.45) is 52.3 Å². The van der Waals surface area contributed by atoms with Gasteiger partial charge in [-0.15, -0.1) is 0 Å². The molecule has 2 nitrogen and oxygen atoms in total. The first-order chi connectivity index (χ1) is 23.1. The zero-order valence-corrected chi connectivity index (χ0v) is 32.6. The van der Waals surface area contributed by atoms with Crippen LogP contribution in [0.2, 0.25) is 0 Å². The molecule has 3 fully saturated rings. The predicted octanol–water partition coefficient (Wildman–Crippen LogP) is 13.8. The number of carbonyl (C=O) groups excluding carboxylic acids is 1. The average Bonchev–Trinajstić information content (AvgIpc) is 3.42. The van der Waals surface area contributed by atoms with Gasteiger partial charge in [-0.2, -0.15) is 0 Å². The molecule has 0 N–H and O–H groups in total. The molecular weight excluding hydrogens is 585 g/mol. The van der Waals surface area contributed by atoms with Crippen LogP contribution >= 0.6 is 0 Å². The topological polar surface area (TPSA) is 26.3 Å². The van der Waals surface area contributed by atoms with E-state index in [4.69, 9.17) is 4.74 Å². The highest BCUT2D eigenvalue weighted by molar-refractivity contribution is 5.69. The van der Waals surface area contributed by atoms with Gasteiger partial charge in [-0.25, -0.2) is 0 Å². The van der Waals surface area contributed by atoms with Gasteiger partial charge in [0, 0.05) is 6.42 Å². The number of carbonyl (C=O) groups is 1. The highest BCUT2D eigenvalue weighted by atomic mass is 16.5. The summed E-state index contributed by atoms with van der Waals surface area (Å²) >= 11 is 0. The number of fused-ring (bicyclic) bond motifs is 5. The summed E-state index contributed by atoms with van der Waals surface area (Å²) in [6.07, 6.45) is 41.2. The molecule has 0 spiro atoms. The Hall–Kier alpha value is -1.57. The van der Waals surface area contributed by atoms with Crippen molar-refractivity contribution in [2.45, 2.75) is 183 Å². The fourth-order valence-electron chi connectivity index (χ4n) is 10.5. The zero-order chi connectivity index (χ0) is 34.6. The van der Waals surface area contributed by atoms with Crippen LogP contribution in [0.1, 0.15) is 177 Å². The molecule has 2 heteroatoms. The van der Waals surface area contributed by atoms with E-state index < -0.39 is 0 Å². The molecule has 0 aromatic rings. The number of esters is 1. The largest absolute Gasteiger partial charge is 0.462 e. The van der Waals surface area contributed by atoms with Crippen LogP contribution in [0, 0.1) is 52.3 Å². The molecule has 272 valence electrons. The minimum absolute atomic E-state index is 0.0534. The van der Waals surface area contributed by atoms with Crippen molar-refractivity contribution in [3.05, 3.63) is 48.1 Å². The van der Waals surface area contributed by atoms with E-state index >= 15 is 0 Å². The fourth-order valence-corrected chi connectivity index (χ4v) is 10.5. The lowest BCUT2D eigenvalue weighted by atomic mass is 9.47. The molecular formula is C46H76O2. The van der Waals surface area contributed by atoms with Gasteiger partial charge in [0.2, 0.25) is 0 Å². The number of hydrogen-bond acceptors (Lipinski definition) is 2. The maximum absolute atomic E-state index is 12.8. The van der Waals surface area contributed by atoms with Crippen LogP contribution in [0.5, 0.6) is 0 Å². The third kappa shape index (κ3) is 10.2. The molecule has 9 atom stereocenters. The Morgan fingerprint density at radius 3 is 2.21 bits per heavy atom. The van der Waals surface area contributed by atoms with Gasteiger partial charge in [-0.05, 0) is 142 Å². The Morgan fingerprint density at radius 1 is 0.812 bits per heavy atom. The molecule has 4 aliphatic carbocycles. The fraction of sp³-hybridized carbons (Fsp3) is 0.804. The molecule has 48 heavy (non-hydrogen) atoms. The number of allylic oxidation sites excluding steroid dienone is 8. The number of unbranched alkanes of at least 4 members (excludes halogenated alkanes) is 8. The minimum atomic E-state index is 0.0534. The molecule has 0 bridgehead atoms. The summed E-state index contributed by atoms with van der Waals surface area (Å²) < 4.78 is 6.14. The standard InChI is InChI=1S/C46H76O2/c1-8-9-10-11-12-13-14-15-16-17-18-19-20-21-22-23-44(47)48-39-30-32-45(6)38(34-39)26-27-40-42-29-28-41(46(42,7)33-31-43(40)45)37(5)25-24-36(4)35(2)3/h12-13,15-16,24-25,27,35-39,41-43H,8-11,14,17-23,26,28-34H2,1-7H3/b13-12-,16-15-,25-24?/t36-,37+,38?,39-,41+,42-,43-,45-,46+/m0/s1. The Kier molecular flexibility index (Phi) is 15.6. The van der Waals surface area contributed by atoms with Crippen LogP contribution in [0.3, 0.4) is 0 Å². The average molecular weight is 661 g/mol. The molecule has 1 unspecified atom stereocenters. The second-order valence-electron chi connectivity index (χ2n) is 17.7. The Morgan fingerprint density at radius 2 is 1.48 bits per heavy atom. The maximum Gasteiger partial charge on any atom is 0.306 e. The normalized spacial score (nSPS) is 33.2. The van der Waals surface area contributed by atoms with E-state index in [2.05, 4.69) is 91.0 Å². The van der Waals surface area contributed by atoms with Crippen molar-refractivity contribution in [3.63, 3.8) is 0 Å². The van der Waals surface area contributed by atoms with Gasteiger partial charge in [0.15, 0.2) is 0 Å². The van der Waals surface area contributed by atoms with Crippen molar-refractivity contribution in [1.82, 2.24) is 0 Å². The molecule has 0 saturated heterocycles.